The molecule has 1 aliphatic heterocycles. The Morgan fingerprint density at radius 1 is 1.33 bits per heavy atom. The summed E-state index contributed by atoms with van der Waals surface area (Å²) in [5.41, 5.74) is 0.566. The van der Waals surface area contributed by atoms with E-state index in [1.807, 2.05) is 6.92 Å². The van der Waals surface area contributed by atoms with Crippen molar-refractivity contribution in [3.8, 4) is 0 Å². The van der Waals surface area contributed by atoms with Crippen molar-refractivity contribution in [2.75, 3.05) is 0 Å². The van der Waals surface area contributed by atoms with Crippen LogP contribution in [0.5, 0.6) is 0 Å². The van der Waals surface area contributed by atoms with E-state index >= 15 is 0 Å². The van der Waals surface area contributed by atoms with Gasteiger partial charge in [0.15, 0.2) is 5.78 Å². The van der Waals surface area contributed by atoms with Crippen LogP contribution in [0.3, 0.4) is 0 Å². The number of carbonyl (C=O) groups is 3. The van der Waals surface area contributed by atoms with Crippen molar-refractivity contribution in [1.82, 2.24) is 4.90 Å². The largest absolute Gasteiger partial charge is 0.373 e. The van der Waals surface area contributed by atoms with Crippen molar-refractivity contribution in [2.45, 2.75) is 65.0 Å². The number of allylic oxidation sites excluding steroid dienone is 1. The molecule has 1 saturated heterocycles. The van der Waals surface area contributed by atoms with Gasteiger partial charge in [-0.1, -0.05) is 19.9 Å². The molecule has 0 bridgehead atoms. The maximum Gasteiger partial charge on any atom is 0.231 e. The quantitative estimate of drug-likeness (QED) is 0.522. The summed E-state index contributed by atoms with van der Waals surface area (Å²) >= 11 is 0. The Kier molecular flexibility index (Phi) is 6.75. The summed E-state index contributed by atoms with van der Waals surface area (Å²) in [5, 5.41) is 10.1. The molecule has 1 heterocycles. The summed E-state index contributed by atoms with van der Waals surface area (Å²) in [6.07, 6.45) is 2.57. The standard InChI is InChI=1S/C16H25NO4/c1-4-12(6-5-7-13(18)11(2)3)10-16(21)17-14(19)8-9-15(17)20/h12,16,21H,2,4-10H2,1,3H3. The minimum absolute atomic E-state index is 0.0651. The molecule has 0 aromatic rings. The Labute approximate surface area is 126 Å². The molecule has 1 N–H and O–H groups in total. The molecule has 0 aromatic heterocycles. The highest BCUT2D eigenvalue weighted by Crippen LogP contribution is 2.23. The van der Waals surface area contributed by atoms with E-state index in [-0.39, 0.29) is 36.4 Å². The zero-order chi connectivity index (χ0) is 16.0. The van der Waals surface area contributed by atoms with Crippen LogP contribution in [0.25, 0.3) is 0 Å². The Hall–Kier alpha value is -1.49. The van der Waals surface area contributed by atoms with E-state index < -0.39 is 6.23 Å². The number of rotatable bonds is 9. The fourth-order valence-electron chi connectivity index (χ4n) is 2.58. The van der Waals surface area contributed by atoms with Crippen molar-refractivity contribution in [1.29, 1.82) is 0 Å². The van der Waals surface area contributed by atoms with Crippen LogP contribution in [-0.2, 0) is 14.4 Å². The maximum atomic E-state index is 11.6. The fourth-order valence-corrected chi connectivity index (χ4v) is 2.58. The summed E-state index contributed by atoms with van der Waals surface area (Å²) < 4.78 is 0. The minimum Gasteiger partial charge on any atom is -0.373 e. The molecule has 2 unspecified atom stereocenters. The van der Waals surface area contributed by atoms with Crippen LogP contribution >= 0.6 is 0 Å². The number of amides is 2. The lowest BCUT2D eigenvalue weighted by Crippen LogP contribution is -2.40. The minimum atomic E-state index is -1.03. The first kappa shape index (κ1) is 17.6. The van der Waals surface area contributed by atoms with Gasteiger partial charge in [0.2, 0.25) is 11.8 Å². The Balaban J connectivity index is 2.42. The van der Waals surface area contributed by atoms with Crippen LogP contribution in [0.2, 0.25) is 0 Å². The van der Waals surface area contributed by atoms with Crippen LogP contribution < -0.4 is 0 Å². The normalized spacial score (nSPS) is 18.0. The molecule has 0 saturated carbocycles. The zero-order valence-corrected chi connectivity index (χ0v) is 12.9. The maximum absolute atomic E-state index is 11.6. The van der Waals surface area contributed by atoms with Gasteiger partial charge in [-0.15, -0.1) is 0 Å². The smallest absolute Gasteiger partial charge is 0.231 e. The van der Waals surface area contributed by atoms with E-state index in [0.717, 1.165) is 24.2 Å². The molecule has 5 nitrogen and oxygen atoms in total. The molecule has 2 amide bonds. The number of likely N-dealkylation sites (tertiary alicyclic amines) is 1. The van der Waals surface area contributed by atoms with E-state index in [1.54, 1.807) is 6.92 Å². The van der Waals surface area contributed by atoms with Crippen LogP contribution in [0, 0.1) is 5.92 Å². The summed E-state index contributed by atoms with van der Waals surface area (Å²) in [6, 6.07) is 0. The molecule has 21 heavy (non-hydrogen) atoms. The van der Waals surface area contributed by atoms with Crippen molar-refractivity contribution >= 4 is 17.6 Å². The van der Waals surface area contributed by atoms with Gasteiger partial charge in [-0.25, -0.2) is 0 Å². The van der Waals surface area contributed by atoms with Gasteiger partial charge in [0.25, 0.3) is 0 Å². The molecular formula is C16H25NO4. The zero-order valence-electron chi connectivity index (χ0n) is 12.9. The second-order valence-corrected chi connectivity index (χ2v) is 5.74. The molecule has 1 aliphatic rings. The molecule has 1 rings (SSSR count). The lowest BCUT2D eigenvalue weighted by Gasteiger charge is -2.25. The second kappa shape index (κ2) is 8.08. The number of hydrogen-bond acceptors (Lipinski definition) is 4. The van der Waals surface area contributed by atoms with Crippen LogP contribution in [-0.4, -0.2) is 33.8 Å². The van der Waals surface area contributed by atoms with Crippen LogP contribution in [0.4, 0.5) is 0 Å². The van der Waals surface area contributed by atoms with Crippen molar-refractivity contribution in [3.63, 3.8) is 0 Å². The SMILES string of the molecule is C=C(C)C(=O)CCCC(CC)CC(O)N1C(=O)CCC1=O. The third-order valence-corrected chi connectivity index (χ3v) is 4.00. The number of ketones is 1. The van der Waals surface area contributed by atoms with Gasteiger partial charge in [0.05, 0.1) is 0 Å². The van der Waals surface area contributed by atoms with Crippen LogP contribution in [0.1, 0.15) is 58.8 Å². The number of aliphatic hydroxyl groups excluding tert-OH is 1. The predicted molar refractivity (Wildman–Crippen MR) is 79.2 cm³/mol. The molecule has 0 aromatic carbocycles. The number of carbonyl (C=O) groups excluding carboxylic acids is 3. The van der Waals surface area contributed by atoms with E-state index in [0.29, 0.717) is 18.4 Å². The molecule has 0 radical (unpaired) electrons. The molecule has 1 fully saturated rings. The van der Waals surface area contributed by atoms with Gasteiger partial charge in [-0.2, -0.15) is 0 Å². The van der Waals surface area contributed by atoms with Gasteiger partial charge in [0, 0.05) is 19.3 Å². The van der Waals surface area contributed by atoms with Gasteiger partial charge >= 0.3 is 0 Å². The summed E-state index contributed by atoms with van der Waals surface area (Å²) in [5.74, 6) is -0.325. The molecule has 5 heteroatoms. The number of nitrogens with zero attached hydrogens (tertiary/aromatic N) is 1. The Morgan fingerprint density at radius 2 is 1.90 bits per heavy atom. The highest BCUT2D eigenvalue weighted by Gasteiger charge is 2.34. The third-order valence-electron chi connectivity index (χ3n) is 4.00. The van der Waals surface area contributed by atoms with Gasteiger partial charge in [-0.3, -0.25) is 19.3 Å². The first-order valence-electron chi connectivity index (χ1n) is 7.58. The second-order valence-electron chi connectivity index (χ2n) is 5.74. The lowest BCUT2D eigenvalue weighted by molar-refractivity contribution is -0.150. The van der Waals surface area contributed by atoms with E-state index in [9.17, 15) is 19.5 Å². The first-order chi connectivity index (χ1) is 9.86. The first-order valence-corrected chi connectivity index (χ1v) is 7.58. The van der Waals surface area contributed by atoms with Crippen molar-refractivity contribution < 1.29 is 19.5 Å². The lowest BCUT2D eigenvalue weighted by atomic mass is 9.93. The summed E-state index contributed by atoms with van der Waals surface area (Å²) in [4.78, 5) is 35.6. The van der Waals surface area contributed by atoms with E-state index in [1.165, 1.54) is 0 Å². The highest BCUT2D eigenvalue weighted by atomic mass is 16.3. The number of Topliss-reactive ketones (excluding diaryl/α,β-unsaturated/α-hetero) is 1. The van der Waals surface area contributed by atoms with E-state index in [4.69, 9.17) is 0 Å². The monoisotopic (exact) mass is 295 g/mol. The van der Waals surface area contributed by atoms with Gasteiger partial charge in [0.1, 0.15) is 6.23 Å². The number of imide groups is 1. The summed E-state index contributed by atoms with van der Waals surface area (Å²) in [7, 11) is 0. The third kappa shape index (κ3) is 5.08. The Morgan fingerprint density at radius 3 is 2.38 bits per heavy atom. The topological polar surface area (TPSA) is 74.7 Å². The fraction of sp³-hybridized carbons (Fsp3) is 0.688. The van der Waals surface area contributed by atoms with Gasteiger partial charge in [-0.05, 0) is 37.7 Å². The highest BCUT2D eigenvalue weighted by molar-refractivity contribution is 6.02. The molecule has 2 atom stereocenters. The number of hydrogen-bond donors (Lipinski definition) is 1. The number of aliphatic hydroxyl groups is 1. The average Bonchev–Trinajstić information content (AvgIpc) is 2.76. The van der Waals surface area contributed by atoms with Gasteiger partial charge < -0.3 is 5.11 Å². The summed E-state index contributed by atoms with van der Waals surface area (Å²) in [6.45, 7) is 7.33. The average molecular weight is 295 g/mol. The molecular weight excluding hydrogens is 270 g/mol. The van der Waals surface area contributed by atoms with Crippen molar-refractivity contribution in [3.05, 3.63) is 12.2 Å². The van der Waals surface area contributed by atoms with Crippen molar-refractivity contribution in [2.24, 2.45) is 5.92 Å². The predicted octanol–water partition coefficient (Wildman–Crippen LogP) is 2.19. The Bertz CT molecular complexity index is 414. The van der Waals surface area contributed by atoms with Crippen LogP contribution in [0.15, 0.2) is 12.2 Å². The van der Waals surface area contributed by atoms with E-state index in [2.05, 4.69) is 6.58 Å². The molecule has 0 spiro atoms. The molecule has 0 aliphatic carbocycles. The molecule has 118 valence electrons.